The van der Waals surface area contributed by atoms with E-state index in [0.29, 0.717) is 46.7 Å². The molecular formula is C34H33FN6O2. The lowest BCUT2D eigenvalue weighted by atomic mass is 9.98. The summed E-state index contributed by atoms with van der Waals surface area (Å²) >= 11 is 0. The molecule has 1 aromatic carbocycles. The summed E-state index contributed by atoms with van der Waals surface area (Å²) in [6.45, 7) is 2.54. The Morgan fingerprint density at radius 2 is 1.93 bits per heavy atom. The first-order valence-corrected chi connectivity index (χ1v) is 15.4. The lowest BCUT2D eigenvalue weighted by Gasteiger charge is -2.25. The fourth-order valence-electron chi connectivity index (χ4n) is 7.14. The smallest absolute Gasteiger partial charge is 0.280 e. The molecule has 8 nitrogen and oxygen atoms in total. The molecule has 2 bridgehead atoms. The molecule has 9 heteroatoms. The number of fused-ring (bicyclic) bond motifs is 3. The molecule has 4 aromatic heterocycles. The number of benzene rings is 1. The minimum Gasteiger partial charge on any atom is -0.375 e. The van der Waals surface area contributed by atoms with Gasteiger partial charge in [0.05, 0.1) is 12.7 Å². The van der Waals surface area contributed by atoms with Crippen LogP contribution in [0, 0.1) is 5.82 Å². The summed E-state index contributed by atoms with van der Waals surface area (Å²) in [5.74, 6) is 1.80. The van der Waals surface area contributed by atoms with Crippen molar-refractivity contribution in [3.63, 3.8) is 0 Å². The maximum atomic E-state index is 14.5. The maximum Gasteiger partial charge on any atom is 0.280 e. The zero-order valence-corrected chi connectivity index (χ0v) is 24.1. The molecule has 2 aliphatic heterocycles. The number of likely N-dealkylation sites (tertiary alicyclic amines) is 1. The van der Waals surface area contributed by atoms with E-state index in [9.17, 15) is 9.18 Å². The lowest BCUT2D eigenvalue weighted by Crippen LogP contribution is -2.36. The van der Waals surface area contributed by atoms with Crippen molar-refractivity contribution in [1.29, 1.82) is 0 Å². The number of halogens is 1. The van der Waals surface area contributed by atoms with E-state index < -0.39 is 0 Å². The highest BCUT2D eigenvalue weighted by Crippen LogP contribution is 2.44. The molecule has 0 amide bonds. The summed E-state index contributed by atoms with van der Waals surface area (Å²) in [5, 5.41) is 1.04. The van der Waals surface area contributed by atoms with Crippen LogP contribution in [0.25, 0.3) is 39.2 Å². The molecule has 0 unspecified atom stereocenters. The Balaban J connectivity index is 1.18. The van der Waals surface area contributed by atoms with Gasteiger partial charge >= 0.3 is 0 Å². The third-order valence-corrected chi connectivity index (χ3v) is 9.72. The molecule has 6 heterocycles. The summed E-state index contributed by atoms with van der Waals surface area (Å²) in [4.78, 5) is 29.8. The van der Waals surface area contributed by atoms with Gasteiger partial charge < -0.3 is 14.3 Å². The summed E-state index contributed by atoms with van der Waals surface area (Å²) in [6, 6.07) is 11.6. The van der Waals surface area contributed by atoms with Gasteiger partial charge in [-0.3, -0.25) is 14.3 Å². The van der Waals surface area contributed by atoms with Crippen molar-refractivity contribution in [2.45, 2.75) is 62.6 Å². The zero-order chi connectivity index (χ0) is 28.8. The maximum absolute atomic E-state index is 14.5. The van der Waals surface area contributed by atoms with Gasteiger partial charge in [-0.2, -0.15) is 0 Å². The van der Waals surface area contributed by atoms with Crippen LogP contribution in [0.5, 0.6) is 0 Å². The molecule has 4 fully saturated rings. The average Bonchev–Trinajstić information content (AvgIpc) is 3.86. The minimum absolute atomic E-state index is 0.0910. The number of rotatable bonds is 7. The largest absolute Gasteiger partial charge is 0.375 e. The van der Waals surface area contributed by atoms with Crippen molar-refractivity contribution < 1.29 is 9.13 Å². The number of aromatic amines is 1. The van der Waals surface area contributed by atoms with Gasteiger partial charge in [0.1, 0.15) is 23.0 Å². The van der Waals surface area contributed by atoms with Gasteiger partial charge in [-0.1, -0.05) is 6.07 Å². The fourth-order valence-corrected chi connectivity index (χ4v) is 7.14. The molecule has 218 valence electrons. The molecule has 0 spiro atoms. The van der Waals surface area contributed by atoms with E-state index in [-0.39, 0.29) is 11.4 Å². The van der Waals surface area contributed by atoms with Gasteiger partial charge in [0, 0.05) is 73.0 Å². The van der Waals surface area contributed by atoms with Crippen LogP contribution in [0.15, 0.2) is 59.8 Å². The first-order chi connectivity index (χ1) is 21.0. The molecule has 2 atom stereocenters. The van der Waals surface area contributed by atoms with Crippen LogP contribution in [-0.2, 0) is 18.3 Å². The SMILES string of the molecule is Cn1ccnc1-c1cc(F)ccc1-c1cc(C2CC2)nc(-n2cc(C3CC3)c3cc(CN4C[C@H]5C[C@@H]4CO5)[nH]c3c2=O)c1. The lowest BCUT2D eigenvalue weighted by molar-refractivity contribution is 0.0269. The van der Waals surface area contributed by atoms with Gasteiger partial charge in [-0.25, -0.2) is 14.4 Å². The Bertz CT molecular complexity index is 1970. The average molecular weight is 577 g/mol. The van der Waals surface area contributed by atoms with E-state index in [0.717, 1.165) is 79.7 Å². The third kappa shape index (κ3) is 4.36. The highest BCUT2D eigenvalue weighted by molar-refractivity contribution is 5.85. The molecule has 0 radical (unpaired) electrons. The molecule has 1 N–H and O–H groups in total. The van der Waals surface area contributed by atoms with E-state index in [4.69, 9.17) is 9.72 Å². The molecule has 9 rings (SSSR count). The highest BCUT2D eigenvalue weighted by atomic mass is 19.1. The third-order valence-electron chi connectivity index (χ3n) is 9.72. The van der Waals surface area contributed by atoms with Gasteiger partial charge in [-0.15, -0.1) is 0 Å². The Kier molecular flexibility index (Phi) is 5.59. The second-order valence-electron chi connectivity index (χ2n) is 12.9. The van der Waals surface area contributed by atoms with Crippen molar-refractivity contribution in [2.75, 3.05) is 13.2 Å². The monoisotopic (exact) mass is 576 g/mol. The second kappa shape index (κ2) is 9.46. The number of morpholine rings is 1. The van der Waals surface area contributed by atoms with Gasteiger partial charge in [0.15, 0.2) is 0 Å². The van der Waals surface area contributed by atoms with Crippen LogP contribution in [0.1, 0.15) is 60.9 Å². The predicted octanol–water partition coefficient (Wildman–Crippen LogP) is 5.65. The molecule has 2 saturated carbocycles. The number of aromatic nitrogens is 5. The Hall–Kier alpha value is -4.08. The Labute approximate surface area is 248 Å². The molecule has 5 aromatic rings. The molecule has 2 aliphatic carbocycles. The van der Waals surface area contributed by atoms with Crippen molar-refractivity contribution in [2.24, 2.45) is 7.05 Å². The van der Waals surface area contributed by atoms with Crippen molar-refractivity contribution in [3.05, 3.63) is 88.1 Å². The first kappa shape index (κ1) is 25.4. The summed E-state index contributed by atoms with van der Waals surface area (Å²) in [6.07, 6.45) is 11.5. The number of hydrogen-bond acceptors (Lipinski definition) is 5. The molecule has 4 aliphatic rings. The van der Waals surface area contributed by atoms with E-state index in [2.05, 4.69) is 27.0 Å². The molecule has 43 heavy (non-hydrogen) atoms. The number of ether oxygens (including phenoxy) is 1. The van der Waals surface area contributed by atoms with Crippen LogP contribution in [0.2, 0.25) is 0 Å². The summed E-state index contributed by atoms with van der Waals surface area (Å²) in [5.41, 5.74) is 6.29. The van der Waals surface area contributed by atoms with Crippen LogP contribution in [-0.4, -0.2) is 54.3 Å². The molecular weight excluding hydrogens is 543 g/mol. The number of aryl methyl sites for hydroxylation is 1. The van der Waals surface area contributed by atoms with Crippen LogP contribution < -0.4 is 5.56 Å². The van der Waals surface area contributed by atoms with E-state index >= 15 is 0 Å². The fraction of sp³-hybridized carbons (Fsp3) is 0.382. The number of nitrogens with zero attached hydrogens (tertiary/aromatic N) is 5. The van der Waals surface area contributed by atoms with Crippen LogP contribution in [0.4, 0.5) is 4.39 Å². The van der Waals surface area contributed by atoms with Crippen LogP contribution in [0.3, 0.4) is 0 Å². The van der Waals surface area contributed by atoms with Crippen molar-refractivity contribution >= 4 is 10.9 Å². The van der Waals surface area contributed by atoms with Crippen LogP contribution >= 0.6 is 0 Å². The highest BCUT2D eigenvalue weighted by Gasteiger charge is 2.39. The second-order valence-corrected chi connectivity index (χ2v) is 12.9. The predicted molar refractivity (Wildman–Crippen MR) is 162 cm³/mol. The van der Waals surface area contributed by atoms with Gasteiger partial charge in [0.2, 0.25) is 0 Å². The normalized spacial score (nSPS) is 21.8. The number of pyridine rings is 2. The standard InChI is InChI=1S/C34H33FN6O2/c1-39-9-8-36-33(39)28-12-22(35)6-7-26(28)21-10-30(20-4-5-20)38-31(11-21)41-17-29(19-2-3-19)27-13-23(37-32(27)34(41)42)15-40-16-25-14-24(40)18-43-25/h6-13,17,19-20,24-25,37H,2-5,14-16,18H2,1H3/t24-,25-/m1/s1. The quantitative estimate of drug-likeness (QED) is 0.271. The van der Waals surface area contributed by atoms with Crippen molar-refractivity contribution in [3.8, 4) is 28.3 Å². The van der Waals surface area contributed by atoms with Crippen molar-refractivity contribution in [1.82, 2.24) is 29.0 Å². The summed E-state index contributed by atoms with van der Waals surface area (Å²) < 4.78 is 24.0. The van der Waals surface area contributed by atoms with Gasteiger partial charge in [-0.05, 0) is 85.0 Å². The first-order valence-electron chi connectivity index (χ1n) is 15.4. The number of hydrogen-bond donors (Lipinski definition) is 1. The zero-order valence-electron chi connectivity index (χ0n) is 24.1. The van der Waals surface area contributed by atoms with E-state index in [1.807, 2.05) is 36.1 Å². The van der Waals surface area contributed by atoms with E-state index in [1.54, 1.807) is 10.8 Å². The topological polar surface area (TPSA) is 81.0 Å². The molecule has 2 saturated heterocycles. The number of H-pyrrole nitrogens is 1. The number of nitrogens with one attached hydrogen (secondary N) is 1. The van der Waals surface area contributed by atoms with Gasteiger partial charge in [0.25, 0.3) is 5.56 Å². The van der Waals surface area contributed by atoms with E-state index in [1.165, 1.54) is 17.7 Å². The summed E-state index contributed by atoms with van der Waals surface area (Å²) in [7, 11) is 1.91. The Morgan fingerprint density at radius 3 is 2.65 bits per heavy atom. The Morgan fingerprint density at radius 1 is 1.07 bits per heavy atom. The minimum atomic E-state index is -0.314. The number of imidazole rings is 1.